The van der Waals surface area contributed by atoms with E-state index in [4.69, 9.17) is 16.3 Å². The lowest BCUT2D eigenvalue weighted by Crippen LogP contribution is -2.50. The number of fused-ring (bicyclic) bond motifs is 1. The molecule has 3 aromatic rings. The largest absolute Gasteiger partial charge is 0.378 e. The van der Waals surface area contributed by atoms with Crippen LogP contribution in [-0.4, -0.2) is 76.9 Å². The second kappa shape index (κ2) is 9.67. The Balaban J connectivity index is 1.20. The van der Waals surface area contributed by atoms with Gasteiger partial charge in [0.25, 0.3) is 11.8 Å². The number of carbonyl (C=O) groups is 2. The van der Waals surface area contributed by atoms with Crippen molar-refractivity contribution in [2.24, 2.45) is 0 Å². The summed E-state index contributed by atoms with van der Waals surface area (Å²) in [5.41, 5.74) is 3.69. The Hall–Kier alpha value is -3.43. The average Bonchev–Trinajstić information content (AvgIpc) is 3.32. The van der Waals surface area contributed by atoms with Gasteiger partial charge in [0, 0.05) is 56.5 Å². The molecule has 2 amide bonds. The minimum absolute atomic E-state index is 0.0231. The fraction of sp³-hybridized carbons (Fsp3) is 0.360. The number of amides is 2. The minimum Gasteiger partial charge on any atom is -0.378 e. The summed E-state index contributed by atoms with van der Waals surface area (Å²) in [6.07, 6.45) is -0.175. The molecular formula is C25H27ClN6O3. The van der Waals surface area contributed by atoms with Crippen molar-refractivity contribution in [3.8, 4) is 0 Å². The number of aromatic nitrogens is 3. The van der Waals surface area contributed by atoms with Crippen molar-refractivity contribution in [1.29, 1.82) is 0 Å². The summed E-state index contributed by atoms with van der Waals surface area (Å²) in [7, 11) is 3.92. The van der Waals surface area contributed by atoms with Crippen LogP contribution in [0.4, 0.5) is 5.69 Å². The molecule has 182 valence electrons. The summed E-state index contributed by atoms with van der Waals surface area (Å²) >= 11 is 5.98. The van der Waals surface area contributed by atoms with Crippen molar-refractivity contribution >= 4 is 29.1 Å². The smallest absolute Gasteiger partial charge is 0.276 e. The molecule has 0 N–H and O–H groups in total. The summed E-state index contributed by atoms with van der Waals surface area (Å²) in [6, 6.07) is 15.1. The predicted molar refractivity (Wildman–Crippen MR) is 132 cm³/mol. The number of anilines is 1. The summed E-state index contributed by atoms with van der Waals surface area (Å²) in [5.74, 6) is -0.202. The Bertz CT molecular complexity index is 1220. The van der Waals surface area contributed by atoms with E-state index in [0.29, 0.717) is 54.7 Å². The van der Waals surface area contributed by atoms with Gasteiger partial charge >= 0.3 is 0 Å². The number of hydrogen-bond acceptors (Lipinski definition) is 6. The first-order chi connectivity index (χ1) is 16.9. The molecule has 5 rings (SSSR count). The van der Waals surface area contributed by atoms with Gasteiger partial charge in [-0.25, -0.2) is 4.68 Å². The first kappa shape index (κ1) is 23.3. The average molecular weight is 495 g/mol. The third-order valence-corrected chi connectivity index (χ3v) is 6.78. The second-order valence-corrected chi connectivity index (χ2v) is 9.38. The molecule has 0 unspecified atom stereocenters. The van der Waals surface area contributed by atoms with Crippen LogP contribution >= 0.6 is 11.6 Å². The fourth-order valence-electron chi connectivity index (χ4n) is 4.40. The Kier molecular flexibility index (Phi) is 6.44. The molecule has 0 radical (unpaired) electrons. The van der Waals surface area contributed by atoms with Crippen LogP contribution in [0.3, 0.4) is 0 Å². The zero-order valence-electron chi connectivity index (χ0n) is 19.7. The third-order valence-electron chi connectivity index (χ3n) is 6.53. The van der Waals surface area contributed by atoms with Gasteiger partial charge in [-0.05, 0) is 42.0 Å². The molecule has 3 heterocycles. The van der Waals surface area contributed by atoms with E-state index < -0.39 is 0 Å². The van der Waals surface area contributed by atoms with Gasteiger partial charge < -0.3 is 19.4 Å². The van der Waals surface area contributed by atoms with E-state index in [9.17, 15) is 9.59 Å². The Morgan fingerprint density at radius 2 is 1.57 bits per heavy atom. The Morgan fingerprint density at radius 1 is 0.943 bits per heavy atom. The van der Waals surface area contributed by atoms with Gasteiger partial charge in [-0.15, -0.1) is 5.10 Å². The van der Waals surface area contributed by atoms with E-state index >= 15 is 0 Å². The fourth-order valence-corrected chi connectivity index (χ4v) is 4.53. The van der Waals surface area contributed by atoms with Gasteiger partial charge in [0.2, 0.25) is 0 Å². The minimum atomic E-state index is -0.178. The molecule has 1 aromatic heterocycles. The van der Waals surface area contributed by atoms with E-state index in [1.807, 2.05) is 67.5 Å². The zero-order chi connectivity index (χ0) is 24.5. The van der Waals surface area contributed by atoms with Gasteiger partial charge in [-0.1, -0.05) is 28.9 Å². The monoisotopic (exact) mass is 494 g/mol. The summed E-state index contributed by atoms with van der Waals surface area (Å²) in [4.78, 5) is 31.6. The number of benzene rings is 2. The lowest BCUT2D eigenvalue weighted by molar-refractivity contribution is -0.00202. The molecule has 2 aliphatic rings. The van der Waals surface area contributed by atoms with Crippen LogP contribution < -0.4 is 4.90 Å². The quantitative estimate of drug-likeness (QED) is 0.554. The first-order valence-electron chi connectivity index (χ1n) is 11.6. The molecule has 9 nitrogen and oxygen atoms in total. The summed E-state index contributed by atoms with van der Waals surface area (Å²) in [6.45, 7) is 2.56. The van der Waals surface area contributed by atoms with Crippen LogP contribution in [-0.2, 0) is 17.9 Å². The van der Waals surface area contributed by atoms with Crippen molar-refractivity contribution < 1.29 is 14.3 Å². The SMILES string of the molecule is CN(C)c1ccc(C(=O)N2CCN(C(=O)c3nnn4c3CO[C@@H](c3ccc(Cl)cc3)C4)CC2)cc1. The standard InChI is InChI=1S/C25H27ClN6O3/c1-29(2)20-9-5-18(6-10-20)24(33)30-11-13-31(14-12-30)25(34)23-21-16-35-22(15-32(21)28-27-23)17-3-7-19(26)8-4-17/h3-10,22H,11-16H2,1-2H3/t22-/m1/s1. The van der Waals surface area contributed by atoms with Crippen molar-refractivity contribution in [3.63, 3.8) is 0 Å². The topological polar surface area (TPSA) is 83.8 Å². The van der Waals surface area contributed by atoms with E-state index in [1.54, 1.807) is 14.5 Å². The zero-order valence-corrected chi connectivity index (χ0v) is 20.5. The van der Waals surface area contributed by atoms with Crippen molar-refractivity contribution in [1.82, 2.24) is 24.8 Å². The molecule has 0 spiro atoms. The summed E-state index contributed by atoms with van der Waals surface area (Å²) < 4.78 is 7.76. The number of piperazine rings is 1. The number of nitrogens with zero attached hydrogens (tertiary/aromatic N) is 6. The molecule has 2 aromatic carbocycles. The second-order valence-electron chi connectivity index (χ2n) is 8.94. The highest BCUT2D eigenvalue weighted by atomic mass is 35.5. The summed E-state index contributed by atoms with van der Waals surface area (Å²) in [5, 5.41) is 9.06. The number of hydrogen-bond donors (Lipinski definition) is 0. The van der Waals surface area contributed by atoms with Gasteiger partial charge in [0.05, 0.1) is 18.8 Å². The van der Waals surface area contributed by atoms with Gasteiger partial charge in [-0.3, -0.25) is 9.59 Å². The molecule has 2 aliphatic heterocycles. The molecule has 1 saturated heterocycles. The maximum atomic E-state index is 13.2. The van der Waals surface area contributed by atoms with E-state index in [0.717, 1.165) is 11.3 Å². The number of ether oxygens (including phenoxy) is 1. The molecule has 1 atom stereocenters. The van der Waals surface area contributed by atoms with E-state index in [-0.39, 0.29) is 24.5 Å². The van der Waals surface area contributed by atoms with Crippen LogP contribution in [0.25, 0.3) is 0 Å². The van der Waals surface area contributed by atoms with Crippen LogP contribution in [0, 0.1) is 0 Å². The lowest BCUT2D eigenvalue weighted by Gasteiger charge is -2.34. The predicted octanol–water partition coefficient (Wildman–Crippen LogP) is 2.87. The molecule has 10 heteroatoms. The first-order valence-corrected chi connectivity index (χ1v) is 11.9. The number of halogens is 1. The molecular weight excluding hydrogens is 468 g/mol. The van der Waals surface area contributed by atoms with Crippen LogP contribution in [0.15, 0.2) is 48.5 Å². The normalized spacial score (nSPS) is 17.7. The van der Waals surface area contributed by atoms with Crippen LogP contribution in [0.1, 0.15) is 38.2 Å². The molecule has 0 saturated carbocycles. The lowest BCUT2D eigenvalue weighted by atomic mass is 10.1. The Morgan fingerprint density at radius 3 is 2.20 bits per heavy atom. The highest BCUT2D eigenvalue weighted by Gasteiger charge is 2.32. The molecule has 1 fully saturated rings. The third kappa shape index (κ3) is 4.74. The van der Waals surface area contributed by atoms with E-state index in [2.05, 4.69) is 10.3 Å². The van der Waals surface area contributed by atoms with Crippen LogP contribution in [0.5, 0.6) is 0 Å². The van der Waals surface area contributed by atoms with Crippen molar-refractivity contribution in [2.75, 3.05) is 45.2 Å². The van der Waals surface area contributed by atoms with Crippen molar-refractivity contribution in [3.05, 3.63) is 76.1 Å². The van der Waals surface area contributed by atoms with Gasteiger partial charge in [0.1, 0.15) is 6.10 Å². The molecule has 0 aliphatic carbocycles. The van der Waals surface area contributed by atoms with Crippen molar-refractivity contribution in [2.45, 2.75) is 19.3 Å². The molecule has 0 bridgehead atoms. The van der Waals surface area contributed by atoms with Gasteiger partial charge in [0.15, 0.2) is 5.69 Å². The Labute approximate surface area is 208 Å². The maximum absolute atomic E-state index is 13.2. The maximum Gasteiger partial charge on any atom is 0.276 e. The number of carbonyl (C=O) groups excluding carboxylic acids is 2. The highest BCUT2D eigenvalue weighted by Crippen LogP contribution is 2.28. The molecule has 35 heavy (non-hydrogen) atoms. The highest BCUT2D eigenvalue weighted by molar-refractivity contribution is 6.30. The van der Waals surface area contributed by atoms with Crippen LogP contribution in [0.2, 0.25) is 5.02 Å². The van der Waals surface area contributed by atoms with E-state index in [1.165, 1.54) is 0 Å². The number of rotatable bonds is 4. The van der Waals surface area contributed by atoms with Gasteiger partial charge in [-0.2, -0.15) is 0 Å².